The highest BCUT2D eigenvalue weighted by Crippen LogP contribution is 2.20. The molecule has 0 saturated carbocycles. The van der Waals surface area contributed by atoms with Crippen molar-refractivity contribution in [1.29, 1.82) is 0 Å². The van der Waals surface area contributed by atoms with Gasteiger partial charge in [0.1, 0.15) is 5.82 Å². The number of nitrogens with one attached hydrogen (secondary N) is 1. The summed E-state index contributed by atoms with van der Waals surface area (Å²) in [4.78, 5) is 6.22. The summed E-state index contributed by atoms with van der Waals surface area (Å²) in [5.74, 6) is 0.157. The molecule has 0 unspecified atom stereocenters. The quantitative estimate of drug-likeness (QED) is 0.648. The molecule has 0 bridgehead atoms. The predicted molar refractivity (Wildman–Crippen MR) is 88.2 cm³/mol. The molecule has 21 heavy (non-hydrogen) atoms. The Bertz CT molecular complexity index is 488. The van der Waals surface area contributed by atoms with Crippen molar-refractivity contribution in [3.8, 4) is 0 Å². The Hall–Kier alpha value is -1.78. The van der Waals surface area contributed by atoms with Crippen LogP contribution < -0.4 is 16.0 Å². The molecule has 0 amide bonds. The van der Waals surface area contributed by atoms with Crippen molar-refractivity contribution in [3.05, 3.63) is 29.6 Å². The Morgan fingerprint density at radius 2 is 1.90 bits per heavy atom. The fraction of sp³-hybridized carbons (Fsp3) is 0.562. The van der Waals surface area contributed by atoms with Gasteiger partial charge in [0.15, 0.2) is 5.96 Å². The molecule has 0 atom stereocenters. The molecular formula is C16H27FN4. The zero-order valence-corrected chi connectivity index (χ0v) is 13.7. The lowest BCUT2D eigenvalue weighted by molar-refractivity contribution is 0.508. The van der Waals surface area contributed by atoms with E-state index in [1.54, 1.807) is 6.07 Å². The molecule has 0 spiro atoms. The van der Waals surface area contributed by atoms with Crippen LogP contribution in [0.15, 0.2) is 23.2 Å². The molecule has 0 saturated heterocycles. The summed E-state index contributed by atoms with van der Waals surface area (Å²) >= 11 is 0. The summed E-state index contributed by atoms with van der Waals surface area (Å²) in [5, 5.41) is 3.08. The van der Waals surface area contributed by atoms with E-state index in [1.807, 2.05) is 45.6 Å². The fourth-order valence-corrected chi connectivity index (χ4v) is 2.07. The van der Waals surface area contributed by atoms with Crippen molar-refractivity contribution in [1.82, 2.24) is 5.32 Å². The van der Waals surface area contributed by atoms with E-state index in [2.05, 4.69) is 10.3 Å². The van der Waals surface area contributed by atoms with E-state index in [-0.39, 0.29) is 11.4 Å². The third kappa shape index (κ3) is 5.61. The minimum Gasteiger partial charge on any atom is -0.370 e. The standard InChI is InChI=1S/C16H27FN4/c1-6-21(7-2)14-9-8-12(10-13(14)17)11-19-15(18)20-16(3,4)5/h8-10H,6-7,11H2,1-5H3,(H3,18,19,20). The summed E-state index contributed by atoms with van der Waals surface area (Å²) in [7, 11) is 0. The number of nitrogens with zero attached hydrogens (tertiary/aromatic N) is 2. The molecule has 0 aromatic heterocycles. The van der Waals surface area contributed by atoms with Crippen molar-refractivity contribution >= 4 is 11.6 Å². The molecule has 0 aliphatic carbocycles. The van der Waals surface area contributed by atoms with Gasteiger partial charge in [0, 0.05) is 18.6 Å². The minimum atomic E-state index is -0.214. The smallest absolute Gasteiger partial charge is 0.189 e. The topological polar surface area (TPSA) is 53.6 Å². The average molecular weight is 294 g/mol. The molecule has 0 fully saturated rings. The normalized spacial score (nSPS) is 12.4. The highest BCUT2D eigenvalue weighted by atomic mass is 19.1. The molecule has 0 radical (unpaired) electrons. The van der Waals surface area contributed by atoms with E-state index in [4.69, 9.17) is 5.73 Å². The molecule has 0 aliphatic rings. The van der Waals surface area contributed by atoms with Crippen molar-refractivity contribution < 1.29 is 4.39 Å². The van der Waals surface area contributed by atoms with Crippen LogP contribution in [0.2, 0.25) is 0 Å². The van der Waals surface area contributed by atoms with Crippen LogP contribution in [-0.2, 0) is 6.54 Å². The van der Waals surface area contributed by atoms with E-state index in [0.29, 0.717) is 18.2 Å². The summed E-state index contributed by atoms with van der Waals surface area (Å²) < 4.78 is 14.1. The van der Waals surface area contributed by atoms with E-state index in [1.165, 1.54) is 6.07 Å². The third-order valence-electron chi connectivity index (χ3n) is 3.05. The summed E-state index contributed by atoms with van der Waals surface area (Å²) in [5.41, 5.74) is 7.11. The van der Waals surface area contributed by atoms with Crippen molar-refractivity contribution in [3.63, 3.8) is 0 Å². The SMILES string of the molecule is CCN(CC)c1ccc(CN=C(N)NC(C)(C)C)cc1F. The third-order valence-corrected chi connectivity index (χ3v) is 3.05. The Morgan fingerprint density at radius 3 is 2.38 bits per heavy atom. The lowest BCUT2D eigenvalue weighted by atomic mass is 10.1. The number of benzene rings is 1. The van der Waals surface area contributed by atoms with E-state index < -0.39 is 0 Å². The van der Waals surface area contributed by atoms with Gasteiger partial charge in [-0.3, -0.25) is 0 Å². The van der Waals surface area contributed by atoms with Crippen LogP contribution in [0.4, 0.5) is 10.1 Å². The van der Waals surface area contributed by atoms with Crippen LogP contribution in [0.3, 0.4) is 0 Å². The van der Waals surface area contributed by atoms with Gasteiger partial charge in [-0.2, -0.15) is 0 Å². The van der Waals surface area contributed by atoms with Crippen molar-refractivity contribution in [2.75, 3.05) is 18.0 Å². The van der Waals surface area contributed by atoms with Gasteiger partial charge < -0.3 is 16.0 Å². The Balaban J connectivity index is 2.78. The van der Waals surface area contributed by atoms with Crippen LogP contribution in [-0.4, -0.2) is 24.6 Å². The number of anilines is 1. The first-order valence-corrected chi connectivity index (χ1v) is 7.38. The van der Waals surface area contributed by atoms with Crippen LogP contribution in [0.1, 0.15) is 40.2 Å². The van der Waals surface area contributed by atoms with Gasteiger partial charge >= 0.3 is 0 Å². The molecule has 4 nitrogen and oxygen atoms in total. The molecule has 1 rings (SSSR count). The number of guanidine groups is 1. The number of hydrogen-bond donors (Lipinski definition) is 2. The number of aliphatic imine (C=N–C) groups is 1. The van der Waals surface area contributed by atoms with Crippen LogP contribution in [0.25, 0.3) is 0 Å². The van der Waals surface area contributed by atoms with Gasteiger partial charge in [-0.15, -0.1) is 0 Å². The first-order valence-electron chi connectivity index (χ1n) is 7.38. The van der Waals surface area contributed by atoms with Crippen molar-refractivity contribution in [2.24, 2.45) is 10.7 Å². The van der Waals surface area contributed by atoms with Crippen LogP contribution >= 0.6 is 0 Å². The zero-order chi connectivity index (χ0) is 16.0. The monoisotopic (exact) mass is 294 g/mol. The fourth-order valence-electron chi connectivity index (χ4n) is 2.07. The van der Waals surface area contributed by atoms with E-state index in [9.17, 15) is 4.39 Å². The summed E-state index contributed by atoms with van der Waals surface area (Å²) in [6, 6.07) is 5.23. The maximum atomic E-state index is 14.1. The first kappa shape index (κ1) is 17.3. The second-order valence-electron chi connectivity index (χ2n) is 6.03. The Labute approximate surface area is 127 Å². The lowest BCUT2D eigenvalue weighted by Gasteiger charge is -2.22. The van der Waals surface area contributed by atoms with Gasteiger partial charge in [0.05, 0.1) is 12.2 Å². The minimum absolute atomic E-state index is 0.133. The zero-order valence-electron chi connectivity index (χ0n) is 13.7. The molecule has 3 N–H and O–H groups in total. The largest absolute Gasteiger partial charge is 0.370 e. The lowest BCUT2D eigenvalue weighted by Crippen LogP contribution is -2.44. The molecule has 118 valence electrons. The second kappa shape index (κ2) is 7.29. The van der Waals surface area contributed by atoms with Gasteiger partial charge in [0.25, 0.3) is 0 Å². The van der Waals surface area contributed by atoms with Crippen molar-refractivity contribution in [2.45, 2.75) is 46.7 Å². The van der Waals surface area contributed by atoms with Crippen LogP contribution in [0, 0.1) is 5.82 Å². The van der Waals surface area contributed by atoms with Gasteiger partial charge in [-0.25, -0.2) is 9.38 Å². The molecule has 0 aliphatic heterocycles. The Morgan fingerprint density at radius 1 is 1.29 bits per heavy atom. The molecular weight excluding hydrogens is 267 g/mol. The van der Waals surface area contributed by atoms with Gasteiger partial charge in [0.2, 0.25) is 0 Å². The average Bonchev–Trinajstić information content (AvgIpc) is 2.38. The molecule has 0 heterocycles. The number of nitrogens with two attached hydrogens (primary N) is 1. The predicted octanol–water partition coefficient (Wildman–Crippen LogP) is 2.87. The number of halogens is 1. The number of hydrogen-bond acceptors (Lipinski definition) is 2. The van der Waals surface area contributed by atoms with Gasteiger partial charge in [-0.1, -0.05) is 6.07 Å². The maximum absolute atomic E-state index is 14.1. The van der Waals surface area contributed by atoms with Crippen LogP contribution in [0.5, 0.6) is 0 Å². The molecule has 1 aromatic carbocycles. The first-order chi connectivity index (χ1) is 9.76. The molecule has 5 heteroatoms. The highest BCUT2D eigenvalue weighted by molar-refractivity contribution is 5.78. The summed E-state index contributed by atoms with van der Waals surface area (Å²) in [6.45, 7) is 12.0. The molecule has 1 aromatic rings. The van der Waals surface area contributed by atoms with E-state index in [0.717, 1.165) is 18.7 Å². The highest BCUT2D eigenvalue weighted by Gasteiger charge is 2.11. The Kier molecular flexibility index (Phi) is 6.00. The summed E-state index contributed by atoms with van der Waals surface area (Å²) in [6.07, 6.45) is 0. The van der Waals surface area contributed by atoms with Gasteiger partial charge in [-0.05, 0) is 52.3 Å². The number of rotatable bonds is 5. The van der Waals surface area contributed by atoms with E-state index >= 15 is 0 Å². The second-order valence-corrected chi connectivity index (χ2v) is 6.03. The maximum Gasteiger partial charge on any atom is 0.189 e.